The van der Waals surface area contributed by atoms with Crippen LogP contribution < -0.4 is 0 Å². The second-order valence-corrected chi connectivity index (χ2v) is 5.42. The molecule has 17 heavy (non-hydrogen) atoms. The summed E-state index contributed by atoms with van der Waals surface area (Å²) < 4.78 is 3.16. The van der Waals surface area contributed by atoms with Gasteiger partial charge < -0.3 is 4.57 Å². The van der Waals surface area contributed by atoms with Gasteiger partial charge >= 0.3 is 0 Å². The van der Waals surface area contributed by atoms with Crippen LogP contribution >= 0.6 is 15.9 Å². The standard InChI is InChI=1S/C13H14BrN3/c1-9(2)8-17-12-4-3-10(14)7-11(12)16-13(17)5-6-15/h3-4,7,9H,5,8H2,1-2H3. The lowest BCUT2D eigenvalue weighted by Gasteiger charge is -2.10. The molecule has 0 unspecified atom stereocenters. The lowest BCUT2D eigenvalue weighted by Crippen LogP contribution is -2.08. The molecular weight excluding hydrogens is 278 g/mol. The predicted molar refractivity (Wildman–Crippen MR) is 71.6 cm³/mol. The highest BCUT2D eigenvalue weighted by atomic mass is 79.9. The van der Waals surface area contributed by atoms with Gasteiger partial charge in [0.2, 0.25) is 0 Å². The smallest absolute Gasteiger partial charge is 0.124 e. The van der Waals surface area contributed by atoms with E-state index >= 15 is 0 Å². The van der Waals surface area contributed by atoms with Gasteiger partial charge in [-0.25, -0.2) is 4.98 Å². The van der Waals surface area contributed by atoms with E-state index in [0.29, 0.717) is 12.3 Å². The number of benzene rings is 1. The fraction of sp³-hybridized carbons (Fsp3) is 0.385. The average Bonchev–Trinajstić information content (AvgIpc) is 2.56. The van der Waals surface area contributed by atoms with E-state index in [1.807, 2.05) is 12.1 Å². The molecule has 2 rings (SSSR count). The van der Waals surface area contributed by atoms with Crippen LogP contribution in [0.4, 0.5) is 0 Å². The van der Waals surface area contributed by atoms with Crippen LogP contribution in [0, 0.1) is 17.2 Å². The minimum Gasteiger partial charge on any atom is -0.327 e. The van der Waals surface area contributed by atoms with Gasteiger partial charge in [0, 0.05) is 11.0 Å². The second kappa shape index (κ2) is 4.89. The summed E-state index contributed by atoms with van der Waals surface area (Å²) in [4.78, 5) is 4.53. The molecule has 1 aromatic carbocycles. The average molecular weight is 292 g/mol. The molecule has 3 nitrogen and oxygen atoms in total. The Morgan fingerprint density at radius 3 is 2.88 bits per heavy atom. The van der Waals surface area contributed by atoms with Crippen LogP contribution in [0.1, 0.15) is 19.7 Å². The summed E-state index contributed by atoms with van der Waals surface area (Å²) in [7, 11) is 0. The van der Waals surface area contributed by atoms with Crippen molar-refractivity contribution >= 4 is 27.0 Å². The molecule has 1 aromatic heterocycles. The van der Waals surface area contributed by atoms with E-state index in [0.717, 1.165) is 27.9 Å². The Balaban J connectivity index is 2.59. The van der Waals surface area contributed by atoms with Gasteiger partial charge in [-0.1, -0.05) is 29.8 Å². The molecule has 0 amide bonds. The molecular formula is C13H14BrN3. The van der Waals surface area contributed by atoms with Gasteiger partial charge in [0.05, 0.1) is 23.5 Å². The molecule has 1 heterocycles. The van der Waals surface area contributed by atoms with Crippen molar-refractivity contribution in [3.05, 3.63) is 28.5 Å². The zero-order chi connectivity index (χ0) is 12.4. The zero-order valence-electron chi connectivity index (χ0n) is 9.94. The number of nitrogens with zero attached hydrogens (tertiary/aromatic N) is 3. The van der Waals surface area contributed by atoms with E-state index in [9.17, 15) is 0 Å². The summed E-state index contributed by atoms with van der Waals surface area (Å²) in [5.74, 6) is 1.39. The van der Waals surface area contributed by atoms with E-state index < -0.39 is 0 Å². The van der Waals surface area contributed by atoms with Crippen molar-refractivity contribution in [1.82, 2.24) is 9.55 Å². The molecule has 0 aliphatic heterocycles. The largest absolute Gasteiger partial charge is 0.327 e. The first-order chi connectivity index (χ1) is 8.11. The highest BCUT2D eigenvalue weighted by molar-refractivity contribution is 9.10. The molecule has 0 N–H and O–H groups in total. The Morgan fingerprint density at radius 2 is 2.24 bits per heavy atom. The number of rotatable bonds is 3. The molecule has 0 fully saturated rings. The van der Waals surface area contributed by atoms with Crippen molar-refractivity contribution in [1.29, 1.82) is 5.26 Å². The van der Waals surface area contributed by atoms with Crippen molar-refractivity contribution in [2.45, 2.75) is 26.8 Å². The van der Waals surface area contributed by atoms with Crippen LogP contribution in [-0.2, 0) is 13.0 Å². The number of imidazole rings is 1. The molecule has 0 radical (unpaired) electrons. The van der Waals surface area contributed by atoms with Gasteiger partial charge in [-0.05, 0) is 24.1 Å². The molecule has 2 aromatic rings. The quantitative estimate of drug-likeness (QED) is 0.868. The van der Waals surface area contributed by atoms with Gasteiger partial charge in [-0.15, -0.1) is 0 Å². The van der Waals surface area contributed by atoms with Gasteiger partial charge in [0.15, 0.2) is 0 Å². The SMILES string of the molecule is CC(C)Cn1c(CC#N)nc2cc(Br)ccc21. The topological polar surface area (TPSA) is 41.6 Å². The van der Waals surface area contributed by atoms with Crippen LogP contribution in [-0.4, -0.2) is 9.55 Å². The summed E-state index contributed by atoms with van der Waals surface area (Å²) in [5.41, 5.74) is 2.05. The molecule has 4 heteroatoms. The maximum absolute atomic E-state index is 8.85. The maximum Gasteiger partial charge on any atom is 0.124 e. The minimum atomic E-state index is 0.360. The summed E-state index contributed by atoms with van der Waals surface area (Å²) >= 11 is 3.44. The Bertz CT molecular complexity index is 578. The van der Waals surface area contributed by atoms with Crippen molar-refractivity contribution < 1.29 is 0 Å². The van der Waals surface area contributed by atoms with Gasteiger partial charge in [0.25, 0.3) is 0 Å². The summed E-state index contributed by atoms with van der Waals surface area (Å²) in [5, 5.41) is 8.85. The first kappa shape index (κ1) is 12.1. The highest BCUT2D eigenvalue weighted by Gasteiger charge is 2.11. The summed E-state index contributed by atoms with van der Waals surface area (Å²) in [6.45, 7) is 5.23. The van der Waals surface area contributed by atoms with Crippen molar-refractivity contribution in [2.24, 2.45) is 5.92 Å². The second-order valence-electron chi connectivity index (χ2n) is 4.50. The highest BCUT2D eigenvalue weighted by Crippen LogP contribution is 2.22. The van der Waals surface area contributed by atoms with Crippen molar-refractivity contribution in [3.8, 4) is 6.07 Å². The Kier molecular flexibility index (Phi) is 3.49. The first-order valence-electron chi connectivity index (χ1n) is 5.63. The third-order valence-electron chi connectivity index (χ3n) is 2.57. The number of nitriles is 1. The zero-order valence-corrected chi connectivity index (χ0v) is 11.5. The molecule has 0 saturated heterocycles. The number of hydrogen-bond donors (Lipinski definition) is 0. The van der Waals surface area contributed by atoms with Gasteiger partial charge in [-0.3, -0.25) is 0 Å². The summed E-state index contributed by atoms with van der Waals surface area (Å²) in [6.07, 6.45) is 0.360. The third kappa shape index (κ3) is 2.50. The van der Waals surface area contributed by atoms with Crippen LogP contribution in [0.15, 0.2) is 22.7 Å². The molecule has 0 spiro atoms. The Labute approximate surface area is 109 Å². The molecule has 0 bridgehead atoms. The van der Waals surface area contributed by atoms with Crippen molar-refractivity contribution in [3.63, 3.8) is 0 Å². The number of halogens is 1. The van der Waals surface area contributed by atoms with E-state index in [4.69, 9.17) is 5.26 Å². The lowest BCUT2D eigenvalue weighted by molar-refractivity contribution is 0.521. The first-order valence-corrected chi connectivity index (χ1v) is 6.42. The fourth-order valence-electron chi connectivity index (χ4n) is 1.93. The van der Waals surface area contributed by atoms with Crippen molar-refractivity contribution in [2.75, 3.05) is 0 Å². The Morgan fingerprint density at radius 1 is 1.47 bits per heavy atom. The lowest BCUT2D eigenvalue weighted by atomic mass is 10.2. The van der Waals surface area contributed by atoms with E-state index in [1.165, 1.54) is 0 Å². The summed E-state index contributed by atoms with van der Waals surface area (Å²) in [6, 6.07) is 8.23. The minimum absolute atomic E-state index is 0.360. The fourth-order valence-corrected chi connectivity index (χ4v) is 2.28. The monoisotopic (exact) mass is 291 g/mol. The molecule has 88 valence electrons. The maximum atomic E-state index is 8.85. The molecule has 0 aliphatic carbocycles. The van der Waals surface area contributed by atoms with Crippen LogP contribution in [0.2, 0.25) is 0 Å². The van der Waals surface area contributed by atoms with Crippen LogP contribution in [0.3, 0.4) is 0 Å². The number of fused-ring (bicyclic) bond motifs is 1. The van der Waals surface area contributed by atoms with Crippen LogP contribution in [0.5, 0.6) is 0 Å². The molecule has 0 saturated carbocycles. The molecule has 0 atom stereocenters. The predicted octanol–water partition coefficient (Wildman–Crippen LogP) is 3.52. The van der Waals surface area contributed by atoms with E-state index in [1.54, 1.807) is 0 Å². The van der Waals surface area contributed by atoms with E-state index in [2.05, 4.69) is 51.5 Å². The normalized spacial score (nSPS) is 11.0. The van der Waals surface area contributed by atoms with E-state index in [-0.39, 0.29) is 0 Å². The number of hydrogen-bond acceptors (Lipinski definition) is 2. The van der Waals surface area contributed by atoms with Gasteiger partial charge in [0.1, 0.15) is 5.82 Å². The van der Waals surface area contributed by atoms with Crippen LogP contribution in [0.25, 0.3) is 11.0 Å². The van der Waals surface area contributed by atoms with Gasteiger partial charge in [-0.2, -0.15) is 5.26 Å². The number of aromatic nitrogens is 2. The molecule has 0 aliphatic rings. The Hall–Kier alpha value is -1.34. The third-order valence-corrected chi connectivity index (χ3v) is 3.07.